The van der Waals surface area contributed by atoms with Crippen molar-refractivity contribution in [2.24, 2.45) is 17.8 Å². The lowest BCUT2D eigenvalue weighted by atomic mass is 9.81. The van der Waals surface area contributed by atoms with Crippen LogP contribution in [0.15, 0.2) is 0 Å². The predicted octanol–water partition coefficient (Wildman–Crippen LogP) is 2.77. The Bertz CT molecular complexity index is 515. The molecule has 22 heavy (non-hydrogen) atoms. The van der Waals surface area contributed by atoms with Crippen molar-refractivity contribution in [2.45, 2.75) is 38.3 Å². The van der Waals surface area contributed by atoms with Gasteiger partial charge in [0.15, 0.2) is 0 Å². The van der Waals surface area contributed by atoms with E-state index < -0.39 is 21.1 Å². The van der Waals surface area contributed by atoms with Crippen molar-refractivity contribution >= 4 is 25.6 Å². The number of halogens is 4. The van der Waals surface area contributed by atoms with E-state index in [1.807, 2.05) is 0 Å². The first-order valence-electron chi connectivity index (χ1n) is 7.31. The number of alkyl halides is 3. The van der Waals surface area contributed by atoms with Crippen LogP contribution in [0.1, 0.15) is 32.1 Å². The van der Waals surface area contributed by atoms with Crippen molar-refractivity contribution in [3.05, 3.63) is 0 Å². The first kappa shape index (κ1) is 17.8. The molecule has 0 aromatic carbocycles. The molecule has 1 saturated carbocycles. The van der Waals surface area contributed by atoms with Crippen molar-refractivity contribution in [1.82, 2.24) is 4.90 Å². The predicted molar refractivity (Wildman–Crippen MR) is 75.8 cm³/mol. The molecule has 0 spiro atoms. The van der Waals surface area contributed by atoms with Crippen LogP contribution >= 0.6 is 10.7 Å². The Balaban J connectivity index is 1.82. The zero-order chi connectivity index (χ0) is 16.5. The van der Waals surface area contributed by atoms with Crippen LogP contribution in [0.25, 0.3) is 0 Å². The Kier molecular flexibility index (Phi) is 5.31. The summed E-state index contributed by atoms with van der Waals surface area (Å²) in [6, 6.07) is 0. The fraction of sp³-hybridized carbons (Fsp3) is 0.923. The van der Waals surface area contributed by atoms with Crippen molar-refractivity contribution in [1.29, 1.82) is 0 Å². The second-order valence-corrected chi connectivity index (χ2v) is 9.16. The zero-order valence-electron chi connectivity index (χ0n) is 12.0. The van der Waals surface area contributed by atoms with Crippen LogP contribution in [-0.4, -0.2) is 44.2 Å². The number of carbonyl (C=O) groups is 1. The van der Waals surface area contributed by atoms with Crippen LogP contribution in [-0.2, 0) is 13.8 Å². The maximum Gasteiger partial charge on any atom is 0.391 e. The van der Waals surface area contributed by atoms with E-state index in [0.717, 1.165) is 0 Å². The molecular weight excluding hydrogens is 343 g/mol. The number of hydrogen-bond donors (Lipinski definition) is 0. The van der Waals surface area contributed by atoms with Gasteiger partial charge in [-0.2, -0.15) is 13.2 Å². The van der Waals surface area contributed by atoms with E-state index in [1.165, 1.54) is 0 Å². The molecule has 1 amide bonds. The normalized spacial score (nSPS) is 30.8. The Labute approximate surface area is 132 Å². The van der Waals surface area contributed by atoms with E-state index in [0.29, 0.717) is 25.9 Å². The molecule has 0 aromatic rings. The van der Waals surface area contributed by atoms with Crippen LogP contribution in [0.5, 0.6) is 0 Å². The van der Waals surface area contributed by atoms with Crippen molar-refractivity contribution in [3.63, 3.8) is 0 Å². The first-order chi connectivity index (χ1) is 10.0. The fourth-order valence-electron chi connectivity index (χ4n) is 3.41. The van der Waals surface area contributed by atoms with E-state index in [4.69, 9.17) is 10.7 Å². The van der Waals surface area contributed by atoms with Gasteiger partial charge in [0.25, 0.3) is 0 Å². The molecule has 128 valence electrons. The summed E-state index contributed by atoms with van der Waals surface area (Å²) in [4.78, 5) is 13.5. The maximum atomic E-state index is 12.6. The molecule has 1 aliphatic heterocycles. The van der Waals surface area contributed by atoms with Gasteiger partial charge in [-0.15, -0.1) is 0 Å². The van der Waals surface area contributed by atoms with Crippen molar-refractivity contribution < 1.29 is 26.4 Å². The summed E-state index contributed by atoms with van der Waals surface area (Å²) in [5.41, 5.74) is 0. The molecule has 0 bridgehead atoms. The molecule has 9 heteroatoms. The molecule has 1 heterocycles. The highest BCUT2D eigenvalue weighted by Gasteiger charge is 2.42. The van der Waals surface area contributed by atoms with Crippen LogP contribution in [0.4, 0.5) is 13.2 Å². The monoisotopic (exact) mass is 361 g/mol. The van der Waals surface area contributed by atoms with E-state index in [2.05, 4.69) is 0 Å². The second-order valence-electron chi connectivity index (χ2n) is 6.33. The maximum absolute atomic E-state index is 12.6. The minimum atomic E-state index is -4.13. The molecule has 0 N–H and O–H groups in total. The molecule has 0 radical (unpaired) electrons. The number of amides is 1. The molecule has 2 fully saturated rings. The Morgan fingerprint density at radius 1 is 1.14 bits per heavy atom. The third-order valence-corrected chi connectivity index (χ3v) is 5.77. The highest BCUT2D eigenvalue weighted by atomic mass is 35.7. The number of rotatable bonds is 4. The summed E-state index contributed by atoms with van der Waals surface area (Å²) in [6.45, 7) is 0.742. The highest BCUT2D eigenvalue weighted by Crippen LogP contribution is 2.40. The first-order valence-corrected chi connectivity index (χ1v) is 9.79. The molecular formula is C13H19ClF3NO3S. The summed E-state index contributed by atoms with van der Waals surface area (Å²) < 4.78 is 59.9. The van der Waals surface area contributed by atoms with Gasteiger partial charge in [-0.05, 0) is 31.6 Å². The van der Waals surface area contributed by atoms with Gasteiger partial charge in [-0.1, -0.05) is 0 Å². The molecule has 0 aromatic heterocycles. The number of carbonyl (C=O) groups excluding carboxylic acids is 1. The van der Waals surface area contributed by atoms with Gasteiger partial charge < -0.3 is 4.90 Å². The van der Waals surface area contributed by atoms with Gasteiger partial charge in [-0.25, -0.2) is 8.42 Å². The lowest BCUT2D eigenvalue weighted by Gasteiger charge is -2.32. The average molecular weight is 362 g/mol. The summed E-state index contributed by atoms with van der Waals surface area (Å²) >= 11 is 0. The van der Waals surface area contributed by atoms with E-state index >= 15 is 0 Å². The van der Waals surface area contributed by atoms with Crippen LogP contribution in [0, 0.1) is 17.8 Å². The summed E-state index contributed by atoms with van der Waals surface area (Å²) in [7, 11) is 1.55. The number of likely N-dealkylation sites (tertiary alicyclic amines) is 1. The largest absolute Gasteiger partial charge is 0.391 e. The lowest BCUT2D eigenvalue weighted by Crippen LogP contribution is -2.35. The standard InChI is InChI=1S/C13H19ClF3NO3S/c14-22(20,21)8-10-5-12(19)18(7-10)6-9-1-3-11(4-2-9)13(15,16)17/h9-11H,1-8H2. The third-order valence-electron chi connectivity index (χ3n) is 4.52. The van der Waals surface area contributed by atoms with Crippen LogP contribution in [0.2, 0.25) is 0 Å². The molecule has 1 saturated heterocycles. The molecule has 4 nitrogen and oxygen atoms in total. The third kappa shape index (κ3) is 5.01. The summed E-state index contributed by atoms with van der Waals surface area (Å²) in [5, 5.41) is 0. The Hall–Kier alpha value is -0.500. The van der Waals surface area contributed by atoms with Gasteiger partial charge in [0.05, 0.1) is 11.7 Å². The van der Waals surface area contributed by atoms with Gasteiger partial charge in [0.2, 0.25) is 15.0 Å². The quantitative estimate of drug-likeness (QED) is 0.723. The molecule has 1 aliphatic carbocycles. The second kappa shape index (κ2) is 6.55. The average Bonchev–Trinajstić information content (AvgIpc) is 2.66. The molecule has 1 unspecified atom stereocenters. The summed E-state index contributed by atoms with van der Waals surface area (Å²) in [5.74, 6) is -1.86. The van der Waals surface area contributed by atoms with E-state index in [1.54, 1.807) is 4.90 Å². The Morgan fingerprint density at radius 2 is 1.73 bits per heavy atom. The number of hydrogen-bond acceptors (Lipinski definition) is 3. The van der Waals surface area contributed by atoms with Gasteiger partial charge in [0.1, 0.15) is 0 Å². The van der Waals surface area contributed by atoms with Gasteiger partial charge in [-0.3, -0.25) is 4.79 Å². The minimum Gasteiger partial charge on any atom is -0.342 e. The van der Waals surface area contributed by atoms with E-state index in [-0.39, 0.29) is 42.8 Å². The highest BCUT2D eigenvalue weighted by molar-refractivity contribution is 8.13. The van der Waals surface area contributed by atoms with Crippen molar-refractivity contribution in [2.75, 3.05) is 18.8 Å². The molecule has 1 atom stereocenters. The van der Waals surface area contributed by atoms with Gasteiger partial charge in [0, 0.05) is 36.1 Å². The van der Waals surface area contributed by atoms with Crippen molar-refractivity contribution in [3.8, 4) is 0 Å². The number of nitrogens with zero attached hydrogens (tertiary/aromatic N) is 1. The van der Waals surface area contributed by atoms with Crippen LogP contribution < -0.4 is 0 Å². The molecule has 2 rings (SSSR count). The minimum absolute atomic E-state index is 0.0638. The SMILES string of the molecule is O=C1CC(CS(=O)(=O)Cl)CN1CC1CCC(C(F)(F)F)CC1. The smallest absolute Gasteiger partial charge is 0.342 e. The summed E-state index contributed by atoms with van der Waals surface area (Å²) in [6.07, 6.45) is -2.87. The zero-order valence-corrected chi connectivity index (χ0v) is 13.6. The molecule has 2 aliphatic rings. The Morgan fingerprint density at radius 3 is 2.23 bits per heavy atom. The topological polar surface area (TPSA) is 54.5 Å². The van der Waals surface area contributed by atoms with Gasteiger partial charge >= 0.3 is 6.18 Å². The van der Waals surface area contributed by atoms with Crippen LogP contribution in [0.3, 0.4) is 0 Å². The fourth-order valence-corrected chi connectivity index (χ4v) is 4.73. The van der Waals surface area contributed by atoms with E-state index in [9.17, 15) is 26.4 Å². The lowest BCUT2D eigenvalue weighted by molar-refractivity contribution is -0.184.